The van der Waals surface area contributed by atoms with Crippen LogP contribution in [0.15, 0.2) is 33.7 Å². The Hall–Kier alpha value is -1.73. The van der Waals surface area contributed by atoms with Crippen molar-refractivity contribution in [2.75, 3.05) is 12.3 Å². The van der Waals surface area contributed by atoms with Crippen molar-refractivity contribution in [3.63, 3.8) is 0 Å². The van der Waals surface area contributed by atoms with Gasteiger partial charge in [0.15, 0.2) is 15.7 Å². The van der Waals surface area contributed by atoms with Crippen LogP contribution >= 0.6 is 0 Å². The molecule has 1 aromatic heterocycles. The van der Waals surface area contributed by atoms with Crippen molar-refractivity contribution >= 4 is 9.84 Å². The fourth-order valence-corrected chi connectivity index (χ4v) is 4.19. The average Bonchev–Trinajstić information content (AvgIpc) is 2.93. The molecule has 20 heavy (non-hydrogen) atoms. The van der Waals surface area contributed by atoms with E-state index in [1.165, 1.54) is 0 Å². The molecule has 1 aliphatic rings. The standard InChI is InChI=1S/C13H15N3O3S/c1-9-15-13(16-19-9)6-7-14-11-8-20(17,18)12-5-3-2-4-10(11)12/h2-5,11,14H,6-8H2,1H3. The monoisotopic (exact) mass is 293 g/mol. The van der Waals surface area contributed by atoms with Gasteiger partial charge in [-0.3, -0.25) is 0 Å². The van der Waals surface area contributed by atoms with Gasteiger partial charge >= 0.3 is 0 Å². The van der Waals surface area contributed by atoms with Gasteiger partial charge in [0.05, 0.1) is 10.6 Å². The summed E-state index contributed by atoms with van der Waals surface area (Å²) in [5, 5.41) is 7.06. The summed E-state index contributed by atoms with van der Waals surface area (Å²) in [6.45, 7) is 2.34. The molecule has 1 aliphatic heterocycles. The van der Waals surface area contributed by atoms with Gasteiger partial charge in [-0.15, -0.1) is 0 Å². The van der Waals surface area contributed by atoms with Crippen LogP contribution in [0.4, 0.5) is 0 Å². The van der Waals surface area contributed by atoms with Crippen LogP contribution in [-0.4, -0.2) is 30.9 Å². The summed E-state index contributed by atoms with van der Waals surface area (Å²) >= 11 is 0. The van der Waals surface area contributed by atoms with Crippen LogP contribution in [0, 0.1) is 6.92 Å². The van der Waals surface area contributed by atoms with E-state index in [0.717, 1.165) is 5.56 Å². The molecular formula is C13H15N3O3S. The third kappa shape index (κ3) is 2.46. The summed E-state index contributed by atoms with van der Waals surface area (Å²) in [4.78, 5) is 4.55. The van der Waals surface area contributed by atoms with E-state index in [1.807, 2.05) is 12.1 Å². The maximum absolute atomic E-state index is 12.0. The first-order valence-corrected chi connectivity index (χ1v) is 8.06. The molecule has 1 N–H and O–H groups in total. The molecule has 1 unspecified atom stereocenters. The lowest BCUT2D eigenvalue weighted by molar-refractivity contribution is 0.386. The zero-order valence-corrected chi connectivity index (χ0v) is 11.9. The van der Waals surface area contributed by atoms with Crippen molar-refractivity contribution in [3.05, 3.63) is 41.5 Å². The van der Waals surface area contributed by atoms with E-state index < -0.39 is 9.84 Å². The number of benzene rings is 1. The minimum Gasteiger partial charge on any atom is -0.340 e. The molecule has 6 nitrogen and oxygen atoms in total. The second-order valence-electron chi connectivity index (χ2n) is 4.81. The summed E-state index contributed by atoms with van der Waals surface area (Å²) in [6.07, 6.45) is 0.607. The number of nitrogens with one attached hydrogen (secondary N) is 1. The molecular weight excluding hydrogens is 278 g/mol. The van der Waals surface area contributed by atoms with Gasteiger partial charge in [0.25, 0.3) is 0 Å². The van der Waals surface area contributed by atoms with Crippen molar-refractivity contribution in [2.24, 2.45) is 0 Å². The quantitative estimate of drug-likeness (QED) is 0.906. The Morgan fingerprint density at radius 1 is 1.40 bits per heavy atom. The van der Waals surface area contributed by atoms with Crippen LogP contribution in [-0.2, 0) is 16.3 Å². The normalized spacial score (nSPS) is 19.9. The highest BCUT2D eigenvalue weighted by Gasteiger charge is 2.33. The van der Waals surface area contributed by atoms with Crippen LogP contribution in [0.2, 0.25) is 0 Å². The largest absolute Gasteiger partial charge is 0.340 e. The summed E-state index contributed by atoms with van der Waals surface area (Å²) in [6, 6.07) is 6.96. The Morgan fingerprint density at radius 3 is 2.95 bits per heavy atom. The number of aryl methyl sites for hydroxylation is 1. The highest BCUT2D eigenvalue weighted by atomic mass is 32.2. The zero-order valence-electron chi connectivity index (χ0n) is 11.0. The van der Waals surface area contributed by atoms with E-state index in [9.17, 15) is 8.42 Å². The first-order valence-electron chi connectivity index (χ1n) is 6.40. The number of fused-ring (bicyclic) bond motifs is 1. The van der Waals surface area contributed by atoms with Crippen LogP contribution < -0.4 is 5.32 Å². The summed E-state index contributed by atoms with van der Waals surface area (Å²) < 4.78 is 28.9. The van der Waals surface area contributed by atoms with Crippen LogP contribution in [0.3, 0.4) is 0 Å². The van der Waals surface area contributed by atoms with Crippen LogP contribution in [0.1, 0.15) is 23.3 Å². The predicted molar refractivity (Wildman–Crippen MR) is 72.0 cm³/mol. The number of rotatable bonds is 4. The Morgan fingerprint density at radius 2 is 2.20 bits per heavy atom. The molecule has 0 aliphatic carbocycles. The molecule has 0 saturated carbocycles. The number of aromatic nitrogens is 2. The van der Waals surface area contributed by atoms with Gasteiger partial charge in [0.2, 0.25) is 5.89 Å². The third-order valence-electron chi connectivity index (χ3n) is 3.32. The van der Waals surface area contributed by atoms with Crippen molar-refractivity contribution in [2.45, 2.75) is 24.3 Å². The molecule has 0 bridgehead atoms. The molecule has 0 fully saturated rings. The second kappa shape index (κ2) is 4.99. The minimum atomic E-state index is -3.16. The number of nitrogens with zero attached hydrogens (tertiary/aromatic N) is 2. The van der Waals surface area contributed by atoms with E-state index in [0.29, 0.717) is 29.6 Å². The van der Waals surface area contributed by atoms with Gasteiger partial charge < -0.3 is 9.84 Å². The van der Waals surface area contributed by atoms with E-state index in [2.05, 4.69) is 15.5 Å². The minimum absolute atomic E-state index is 0.109. The number of hydrogen-bond acceptors (Lipinski definition) is 6. The van der Waals surface area contributed by atoms with Crippen molar-refractivity contribution < 1.29 is 12.9 Å². The van der Waals surface area contributed by atoms with Crippen molar-refractivity contribution in [1.82, 2.24) is 15.5 Å². The zero-order chi connectivity index (χ0) is 14.2. The first kappa shape index (κ1) is 13.3. The fraction of sp³-hybridized carbons (Fsp3) is 0.385. The van der Waals surface area contributed by atoms with E-state index in [4.69, 9.17) is 4.52 Å². The van der Waals surface area contributed by atoms with Gasteiger partial charge in [-0.25, -0.2) is 8.42 Å². The van der Waals surface area contributed by atoms with Crippen LogP contribution in [0.25, 0.3) is 0 Å². The molecule has 0 saturated heterocycles. The maximum Gasteiger partial charge on any atom is 0.223 e. The van der Waals surface area contributed by atoms with Crippen molar-refractivity contribution in [1.29, 1.82) is 0 Å². The second-order valence-corrected chi connectivity index (χ2v) is 6.81. The summed E-state index contributed by atoms with van der Waals surface area (Å²) in [5.41, 5.74) is 0.844. The molecule has 7 heteroatoms. The van der Waals surface area contributed by atoms with E-state index in [1.54, 1.807) is 19.1 Å². The summed E-state index contributed by atoms with van der Waals surface area (Å²) in [5.74, 6) is 1.27. The molecule has 3 rings (SSSR count). The molecule has 0 spiro atoms. The topological polar surface area (TPSA) is 85.1 Å². The lowest BCUT2D eigenvalue weighted by Gasteiger charge is -2.11. The molecule has 106 valence electrons. The Bertz CT molecular complexity index is 724. The highest BCUT2D eigenvalue weighted by Crippen LogP contribution is 2.32. The number of hydrogen-bond donors (Lipinski definition) is 1. The van der Waals surface area contributed by atoms with Gasteiger partial charge in [-0.2, -0.15) is 4.98 Å². The Balaban J connectivity index is 1.68. The van der Waals surface area contributed by atoms with Crippen LogP contribution in [0.5, 0.6) is 0 Å². The fourth-order valence-electron chi connectivity index (χ4n) is 2.42. The van der Waals surface area contributed by atoms with E-state index >= 15 is 0 Å². The number of sulfone groups is 1. The molecule has 1 atom stereocenters. The van der Waals surface area contributed by atoms with E-state index in [-0.39, 0.29) is 11.8 Å². The molecule has 2 heterocycles. The molecule has 0 radical (unpaired) electrons. The van der Waals surface area contributed by atoms with Crippen molar-refractivity contribution in [3.8, 4) is 0 Å². The highest BCUT2D eigenvalue weighted by molar-refractivity contribution is 7.91. The van der Waals surface area contributed by atoms with Gasteiger partial charge in [-0.05, 0) is 11.6 Å². The molecule has 0 amide bonds. The lowest BCUT2D eigenvalue weighted by Crippen LogP contribution is -2.25. The maximum atomic E-state index is 12.0. The Kier molecular flexibility index (Phi) is 3.31. The predicted octanol–water partition coefficient (Wildman–Crippen LogP) is 1.04. The molecule has 1 aromatic carbocycles. The third-order valence-corrected chi connectivity index (χ3v) is 5.14. The van der Waals surface area contributed by atoms with Gasteiger partial charge in [-0.1, -0.05) is 23.4 Å². The molecule has 2 aromatic rings. The first-order chi connectivity index (χ1) is 9.56. The van der Waals surface area contributed by atoms with Gasteiger partial charge in [0, 0.05) is 25.9 Å². The van der Waals surface area contributed by atoms with Gasteiger partial charge in [0.1, 0.15) is 0 Å². The smallest absolute Gasteiger partial charge is 0.223 e. The average molecular weight is 293 g/mol. The summed E-state index contributed by atoms with van der Waals surface area (Å²) in [7, 11) is -3.16. The Labute approximate surface area is 117 Å². The lowest BCUT2D eigenvalue weighted by atomic mass is 10.1. The SMILES string of the molecule is Cc1nc(CCNC2CS(=O)(=O)c3ccccc32)no1.